The molecule has 1 saturated heterocycles. The summed E-state index contributed by atoms with van der Waals surface area (Å²) in [5.41, 5.74) is 0.807. The number of thiophene rings is 1. The quantitative estimate of drug-likeness (QED) is 0.248. The summed E-state index contributed by atoms with van der Waals surface area (Å²) in [4.78, 5) is 46.6. The van der Waals surface area contributed by atoms with Crippen molar-refractivity contribution in [2.24, 2.45) is 0 Å². The fourth-order valence-corrected chi connectivity index (χ4v) is 6.34. The van der Waals surface area contributed by atoms with Gasteiger partial charge in [-0.2, -0.15) is 0 Å². The number of carbonyl (C=O) groups excluding carboxylic acids is 3. The van der Waals surface area contributed by atoms with Crippen LogP contribution in [0, 0.1) is 6.92 Å². The molecule has 3 N–H and O–H groups in total. The van der Waals surface area contributed by atoms with E-state index in [0.29, 0.717) is 38.8 Å². The summed E-state index contributed by atoms with van der Waals surface area (Å²) < 4.78 is 20.3. The molecule has 0 spiro atoms. The van der Waals surface area contributed by atoms with E-state index in [1.165, 1.54) is 4.90 Å². The maximum absolute atomic E-state index is 14.3. The Bertz CT molecular complexity index is 1710. The van der Waals surface area contributed by atoms with Gasteiger partial charge in [-0.05, 0) is 55.0 Å². The first-order valence-corrected chi connectivity index (χ1v) is 13.8. The number of hydrogen-bond acceptors (Lipinski definition) is 7. The molecule has 0 saturated carbocycles. The number of urea groups is 1. The molecule has 2 aliphatic heterocycles. The van der Waals surface area contributed by atoms with Crippen molar-refractivity contribution in [3.63, 3.8) is 0 Å². The van der Waals surface area contributed by atoms with E-state index in [1.54, 1.807) is 24.4 Å². The second-order valence-electron chi connectivity index (χ2n) is 9.98. The van der Waals surface area contributed by atoms with Gasteiger partial charge in [-0.1, -0.05) is 24.8 Å². The van der Waals surface area contributed by atoms with E-state index in [9.17, 15) is 18.8 Å². The van der Waals surface area contributed by atoms with Crippen molar-refractivity contribution < 1.29 is 23.5 Å². The summed E-state index contributed by atoms with van der Waals surface area (Å²) in [6, 6.07) is 16.1. The Morgan fingerprint density at radius 1 is 1.20 bits per heavy atom. The van der Waals surface area contributed by atoms with Crippen LogP contribution in [0.2, 0.25) is 0 Å². The van der Waals surface area contributed by atoms with E-state index >= 15 is 0 Å². The highest BCUT2D eigenvalue weighted by molar-refractivity contribution is 7.21. The zero-order valence-electron chi connectivity index (χ0n) is 22.1. The average Bonchev–Trinajstić information content (AvgIpc) is 3.33. The fraction of sp³-hybridized carbons (Fsp3) is 0.200. The van der Waals surface area contributed by atoms with Gasteiger partial charge in [0.1, 0.15) is 32.9 Å². The number of alkyl halides is 1. The molecule has 1 fully saturated rings. The number of pyridine rings is 1. The number of anilines is 3. The van der Waals surface area contributed by atoms with Crippen LogP contribution in [-0.2, 0) is 4.79 Å². The molecule has 6 rings (SSSR count). The van der Waals surface area contributed by atoms with E-state index < -0.39 is 29.4 Å². The molecule has 0 bridgehead atoms. The van der Waals surface area contributed by atoms with Gasteiger partial charge in [0.05, 0.1) is 22.4 Å². The number of ketones is 1. The molecule has 3 amide bonds. The molecule has 2 aromatic carbocycles. The van der Waals surface area contributed by atoms with Gasteiger partial charge in [0.25, 0.3) is 5.91 Å². The lowest BCUT2D eigenvalue weighted by molar-refractivity contribution is -0.121. The number of nitrogens with one attached hydrogen (secondary N) is 3. The zero-order chi connectivity index (χ0) is 28.7. The first-order chi connectivity index (χ1) is 19.8. The van der Waals surface area contributed by atoms with Crippen molar-refractivity contribution in [1.29, 1.82) is 0 Å². The van der Waals surface area contributed by atoms with Gasteiger partial charge >= 0.3 is 6.03 Å². The maximum Gasteiger partial charge on any atom is 0.331 e. The Balaban J connectivity index is 1.35. The number of aryl methyl sites for hydroxylation is 1. The van der Waals surface area contributed by atoms with Crippen LogP contribution in [0.15, 0.2) is 73.4 Å². The van der Waals surface area contributed by atoms with Crippen LogP contribution in [0.4, 0.5) is 26.2 Å². The number of hydrogen-bond donors (Lipinski definition) is 3. The number of benzene rings is 2. The first kappa shape index (κ1) is 26.6. The number of para-hydroxylation sites is 1. The van der Waals surface area contributed by atoms with E-state index in [-0.39, 0.29) is 24.4 Å². The number of carbonyl (C=O) groups is 3. The molecule has 0 aliphatic carbocycles. The zero-order valence-corrected chi connectivity index (χ0v) is 22.9. The highest BCUT2D eigenvalue weighted by Crippen LogP contribution is 2.46. The minimum absolute atomic E-state index is 0.0666. The van der Waals surface area contributed by atoms with E-state index in [2.05, 4.69) is 27.5 Å². The number of amides is 3. The van der Waals surface area contributed by atoms with Gasteiger partial charge in [0.2, 0.25) is 0 Å². The minimum atomic E-state index is -1.49. The van der Waals surface area contributed by atoms with Crippen LogP contribution in [0.3, 0.4) is 0 Å². The number of rotatable bonds is 7. The second-order valence-corrected chi connectivity index (χ2v) is 11.0. The Morgan fingerprint density at radius 2 is 2.00 bits per heavy atom. The maximum atomic E-state index is 14.3. The summed E-state index contributed by atoms with van der Waals surface area (Å²) in [5, 5.41) is 9.07. The van der Waals surface area contributed by atoms with Crippen LogP contribution in [0.25, 0.3) is 10.2 Å². The average molecular weight is 572 g/mol. The normalized spacial score (nSPS) is 19.9. The first-order valence-electron chi connectivity index (χ1n) is 13.0. The molecule has 0 unspecified atom stereocenters. The van der Waals surface area contributed by atoms with Crippen molar-refractivity contribution in [3.8, 4) is 11.5 Å². The van der Waals surface area contributed by atoms with E-state index in [1.807, 2.05) is 43.3 Å². The van der Waals surface area contributed by atoms with Gasteiger partial charge in [0, 0.05) is 25.7 Å². The lowest BCUT2D eigenvalue weighted by Crippen LogP contribution is -2.64. The van der Waals surface area contributed by atoms with Gasteiger partial charge < -0.3 is 20.7 Å². The second kappa shape index (κ2) is 10.4. The molecule has 0 radical (unpaired) electrons. The van der Waals surface area contributed by atoms with Gasteiger partial charge in [-0.15, -0.1) is 11.3 Å². The van der Waals surface area contributed by atoms with Crippen molar-refractivity contribution in [1.82, 2.24) is 15.6 Å². The summed E-state index contributed by atoms with van der Waals surface area (Å²) in [7, 11) is 0. The summed E-state index contributed by atoms with van der Waals surface area (Å²) >= 11 is 1.09. The molecule has 41 heavy (non-hydrogen) atoms. The third kappa shape index (κ3) is 4.72. The Morgan fingerprint density at radius 3 is 2.73 bits per heavy atom. The molecule has 2 aliphatic rings. The Labute approximate surface area is 239 Å². The van der Waals surface area contributed by atoms with Crippen molar-refractivity contribution in [2.45, 2.75) is 25.1 Å². The number of ether oxygens (including phenoxy) is 1. The number of aromatic nitrogens is 1. The SMILES string of the molecule is C=CC(=O)[C@]1(NC(=O)c2sc3nccc4c3c2NC(=O)N4c2ccc(Oc3ccccc3)cc2C)CNC[C@@H](F)C1. The van der Waals surface area contributed by atoms with Crippen LogP contribution >= 0.6 is 11.3 Å². The fourth-order valence-electron chi connectivity index (χ4n) is 5.33. The summed E-state index contributed by atoms with van der Waals surface area (Å²) in [6.45, 7) is 5.57. The van der Waals surface area contributed by atoms with Gasteiger partial charge in [-0.3, -0.25) is 14.5 Å². The van der Waals surface area contributed by atoms with Crippen molar-refractivity contribution in [3.05, 3.63) is 83.9 Å². The third-order valence-electron chi connectivity index (χ3n) is 7.21. The van der Waals surface area contributed by atoms with Crippen LogP contribution in [0.1, 0.15) is 21.7 Å². The van der Waals surface area contributed by atoms with E-state index in [4.69, 9.17) is 4.74 Å². The topological polar surface area (TPSA) is 113 Å². The Kier molecular flexibility index (Phi) is 6.76. The molecule has 208 valence electrons. The highest BCUT2D eigenvalue weighted by Gasteiger charge is 2.44. The molecule has 4 heterocycles. The van der Waals surface area contributed by atoms with Gasteiger partial charge in [-0.25, -0.2) is 14.2 Å². The van der Waals surface area contributed by atoms with E-state index in [0.717, 1.165) is 23.0 Å². The van der Waals surface area contributed by atoms with Crippen molar-refractivity contribution in [2.75, 3.05) is 23.3 Å². The molecule has 2 atom stereocenters. The molecule has 9 nitrogen and oxygen atoms in total. The van der Waals surface area contributed by atoms with Crippen LogP contribution in [-0.4, -0.2) is 47.5 Å². The van der Waals surface area contributed by atoms with Crippen molar-refractivity contribution >= 4 is 56.3 Å². The Hall–Kier alpha value is -4.61. The summed E-state index contributed by atoms with van der Waals surface area (Å²) in [6.07, 6.45) is 1.17. The standard InChI is InChI=1S/C30H26FN5O4S/c1-3-23(37)30(14-18(31)15-32-16-30)35-27(38)26-25-24-22(11-12-33-28(24)41-26)36(29(39)34-25)21-10-9-20(13-17(21)2)40-19-7-5-4-6-8-19/h3-13,18,32H,1,14-16H2,2H3,(H,34,39)(H,35,38)/t18-,30+/m0/s1. The summed E-state index contributed by atoms with van der Waals surface area (Å²) in [5.74, 6) is 0.232. The number of nitrogens with zero attached hydrogens (tertiary/aromatic N) is 2. The largest absolute Gasteiger partial charge is 0.457 e. The molecule has 4 aromatic rings. The van der Waals surface area contributed by atoms with Crippen LogP contribution in [0.5, 0.6) is 11.5 Å². The monoisotopic (exact) mass is 571 g/mol. The number of halogens is 1. The third-order valence-corrected chi connectivity index (χ3v) is 8.31. The lowest BCUT2D eigenvalue weighted by Gasteiger charge is -2.37. The van der Waals surface area contributed by atoms with Crippen LogP contribution < -0.4 is 25.6 Å². The minimum Gasteiger partial charge on any atom is -0.457 e. The predicted molar refractivity (Wildman–Crippen MR) is 156 cm³/mol. The molecule has 11 heteroatoms. The smallest absolute Gasteiger partial charge is 0.331 e. The molecular formula is C30H26FN5O4S. The lowest BCUT2D eigenvalue weighted by atomic mass is 9.84. The number of piperidine rings is 1. The van der Waals surface area contributed by atoms with Gasteiger partial charge in [0.15, 0.2) is 5.78 Å². The predicted octanol–water partition coefficient (Wildman–Crippen LogP) is 5.64. The molecular weight excluding hydrogens is 545 g/mol. The highest BCUT2D eigenvalue weighted by atomic mass is 32.1. The molecule has 2 aromatic heterocycles.